The lowest BCUT2D eigenvalue weighted by Crippen LogP contribution is -2.37. The Balaban J connectivity index is 1.21. The molecule has 24 heteroatoms. The van der Waals surface area contributed by atoms with Crippen molar-refractivity contribution in [1.82, 2.24) is 33.9 Å². The van der Waals surface area contributed by atoms with Gasteiger partial charge >= 0.3 is 7.82 Å². The third-order valence-electron chi connectivity index (χ3n) is 7.45. The quantitative estimate of drug-likeness (QED) is 0.120. The molecule has 7 rings (SSSR count). The number of aliphatic hydroxyl groups is 2. The van der Waals surface area contributed by atoms with Crippen LogP contribution in [0.3, 0.4) is 0 Å². The summed E-state index contributed by atoms with van der Waals surface area (Å²) in [6, 6.07) is 0. The Morgan fingerprint density at radius 2 is 1.78 bits per heavy atom. The van der Waals surface area contributed by atoms with Crippen LogP contribution in [0.2, 0.25) is 0 Å². The van der Waals surface area contributed by atoms with Crippen LogP contribution in [0.5, 0.6) is 0 Å². The maximum Gasteiger partial charge on any atom is 0.472 e. The summed E-state index contributed by atoms with van der Waals surface area (Å²) in [5.74, 6) is -0.220. The molecule has 10 atom stereocenters. The third-order valence-corrected chi connectivity index (χ3v) is 9.40. The van der Waals surface area contributed by atoms with Gasteiger partial charge in [0.25, 0.3) is 13.4 Å². The van der Waals surface area contributed by atoms with Crippen LogP contribution < -0.4 is 21.9 Å². The monoisotopic (exact) mass is 672 g/mol. The molecule has 3 aliphatic heterocycles. The highest BCUT2D eigenvalue weighted by Gasteiger charge is 2.53. The number of phosphoric ester groups is 2. The van der Waals surface area contributed by atoms with Gasteiger partial charge in [-0.1, -0.05) is 0 Å². The van der Waals surface area contributed by atoms with E-state index < -0.39 is 83.4 Å². The third kappa shape index (κ3) is 5.33. The molecule has 10 unspecified atom stereocenters. The van der Waals surface area contributed by atoms with E-state index in [1.165, 1.54) is 23.0 Å². The molecule has 0 saturated carbocycles. The van der Waals surface area contributed by atoms with Gasteiger partial charge in [0.1, 0.15) is 42.7 Å². The predicted molar refractivity (Wildman–Crippen MR) is 143 cm³/mol. The van der Waals surface area contributed by atoms with Gasteiger partial charge in [-0.2, -0.15) is 4.98 Å². The molecule has 45 heavy (non-hydrogen) atoms. The molecular weight excluding hydrogens is 648 g/mol. The van der Waals surface area contributed by atoms with Crippen molar-refractivity contribution in [1.29, 1.82) is 0 Å². The second kappa shape index (κ2) is 10.9. The zero-order chi connectivity index (χ0) is 31.8. The summed E-state index contributed by atoms with van der Waals surface area (Å²) in [6.07, 6.45) is -7.43. The minimum absolute atomic E-state index is 0.0724. The lowest BCUT2D eigenvalue weighted by Gasteiger charge is -2.31. The Labute approximate surface area is 249 Å². The van der Waals surface area contributed by atoms with Crippen LogP contribution in [-0.4, -0.2) is 98.8 Å². The molecule has 7 heterocycles. The minimum Gasteiger partial charge on any atom is -0.756 e. The van der Waals surface area contributed by atoms with E-state index in [2.05, 4.69) is 24.9 Å². The fourth-order valence-electron chi connectivity index (χ4n) is 5.44. The van der Waals surface area contributed by atoms with Gasteiger partial charge in [-0.15, -0.1) is 0 Å². The van der Waals surface area contributed by atoms with Crippen molar-refractivity contribution in [3.63, 3.8) is 0 Å². The number of nitrogens with two attached hydrogens (primary N) is 2. The number of hydrogen-bond donors (Lipinski definition) is 6. The summed E-state index contributed by atoms with van der Waals surface area (Å²) >= 11 is 0. The van der Waals surface area contributed by atoms with Crippen LogP contribution in [0.4, 0.5) is 11.8 Å². The molecule has 4 aromatic heterocycles. The minimum atomic E-state index is -5.35. The predicted octanol–water partition coefficient (Wildman–Crippen LogP) is -2.53. The zero-order valence-corrected chi connectivity index (χ0v) is 24.3. The molecule has 8 N–H and O–H groups in total. The van der Waals surface area contributed by atoms with Crippen molar-refractivity contribution >= 4 is 44.2 Å². The summed E-state index contributed by atoms with van der Waals surface area (Å²) in [7, 11) is -10.4. The van der Waals surface area contributed by atoms with Gasteiger partial charge in [-0.25, -0.2) is 19.5 Å². The summed E-state index contributed by atoms with van der Waals surface area (Å²) < 4.78 is 60.9. The van der Waals surface area contributed by atoms with Crippen molar-refractivity contribution in [3.05, 3.63) is 41.0 Å². The molecular formula is C21H24N9O13P2-. The Morgan fingerprint density at radius 1 is 1.00 bits per heavy atom. The molecule has 22 nitrogen and oxygen atoms in total. The normalized spacial score (nSPS) is 37.7. The van der Waals surface area contributed by atoms with Crippen molar-refractivity contribution < 1.29 is 56.7 Å². The Bertz CT molecular complexity index is 1930. The van der Waals surface area contributed by atoms with E-state index in [0.29, 0.717) is 0 Å². The average molecular weight is 672 g/mol. The molecule has 0 radical (unpaired) electrons. The number of nitrogens with one attached hydrogen (secondary N) is 1. The van der Waals surface area contributed by atoms with Crippen LogP contribution in [0.15, 0.2) is 29.7 Å². The number of anilines is 2. The van der Waals surface area contributed by atoms with E-state index >= 15 is 0 Å². The molecule has 3 saturated heterocycles. The summed E-state index contributed by atoms with van der Waals surface area (Å²) in [5.41, 5.74) is 10.9. The first-order valence-electron chi connectivity index (χ1n) is 13.1. The van der Waals surface area contributed by atoms with Gasteiger partial charge in [0, 0.05) is 12.4 Å². The topological polar surface area (TPSA) is 319 Å². The Morgan fingerprint density at radius 3 is 2.58 bits per heavy atom. The number of phosphoric acid groups is 2. The molecule has 2 bridgehead atoms. The molecule has 3 aliphatic rings. The maximum absolute atomic E-state index is 13.1. The fourth-order valence-corrected chi connectivity index (χ4v) is 7.32. The van der Waals surface area contributed by atoms with Crippen LogP contribution in [0.1, 0.15) is 18.0 Å². The molecule has 0 spiro atoms. The first kappa shape index (κ1) is 30.3. The van der Waals surface area contributed by atoms with Crippen LogP contribution >= 0.6 is 15.6 Å². The first-order chi connectivity index (χ1) is 21.3. The standard InChI is InChI=1S/C21H25N9O13P2/c22-16-18-25-3-7(29(18)2-1-24-16)13-12(32)14-9(40-13)5-39-45(36,37)43-15-11(31)8(4-38-44(34,35)42-14)41-20(15)30-6-26-10-17(30)27-21(23)28-19(10)33/h1-3,6,8-9,11-15,20,31-32H,4-5H2,(H2,22,24)(H,34,35)(H,36,37)(H3,23,27,28,33)/p-1. The number of aliphatic hydroxyl groups excluding tert-OH is 2. The summed E-state index contributed by atoms with van der Waals surface area (Å²) in [5, 5.41) is 22.1. The second-order valence-electron chi connectivity index (χ2n) is 10.3. The van der Waals surface area contributed by atoms with E-state index in [4.69, 9.17) is 39.0 Å². The number of nitrogens with zero attached hydrogens (tertiary/aromatic N) is 6. The average Bonchev–Trinajstić information content (AvgIpc) is 3.72. The fraction of sp³-hybridized carbons (Fsp3) is 0.476. The molecule has 0 aromatic carbocycles. The smallest absolute Gasteiger partial charge is 0.472 e. The van der Waals surface area contributed by atoms with E-state index in [-0.39, 0.29) is 34.3 Å². The largest absolute Gasteiger partial charge is 0.756 e. The van der Waals surface area contributed by atoms with Gasteiger partial charge in [0.15, 0.2) is 28.9 Å². The van der Waals surface area contributed by atoms with Crippen molar-refractivity contribution in [2.75, 3.05) is 24.7 Å². The maximum atomic E-state index is 13.1. The van der Waals surface area contributed by atoms with E-state index in [1.807, 2.05) is 0 Å². The molecule has 242 valence electrons. The SMILES string of the molecule is Nc1nc2c(ncn2C2OC3COP(=O)(O)OC4C(COP(=O)([O-])OC2C3O)OC(c2cnc3c(N)nccn23)C4O)c(=O)[nH]1. The highest BCUT2D eigenvalue weighted by molar-refractivity contribution is 7.47. The van der Waals surface area contributed by atoms with Gasteiger partial charge < -0.3 is 50.0 Å². The number of nitrogen functional groups attached to an aromatic ring is 2. The van der Waals surface area contributed by atoms with E-state index in [0.717, 1.165) is 10.9 Å². The first-order valence-corrected chi connectivity index (χ1v) is 16.0. The number of H-pyrrole nitrogens is 1. The van der Waals surface area contributed by atoms with Crippen molar-refractivity contribution in [2.24, 2.45) is 0 Å². The summed E-state index contributed by atoms with van der Waals surface area (Å²) in [4.78, 5) is 54.2. The number of hydrogen-bond acceptors (Lipinski definition) is 18. The molecule has 3 fully saturated rings. The van der Waals surface area contributed by atoms with E-state index in [9.17, 15) is 33.9 Å². The number of ether oxygens (including phenoxy) is 2. The lowest BCUT2D eigenvalue weighted by atomic mass is 10.1. The Hall–Kier alpha value is -3.37. The lowest BCUT2D eigenvalue weighted by molar-refractivity contribution is -0.237. The van der Waals surface area contributed by atoms with Gasteiger partial charge in [0.05, 0.1) is 31.4 Å². The number of imidazole rings is 2. The zero-order valence-electron chi connectivity index (χ0n) is 22.5. The van der Waals surface area contributed by atoms with Crippen LogP contribution in [0.25, 0.3) is 16.8 Å². The number of aromatic nitrogens is 7. The van der Waals surface area contributed by atoms with Gasteiger partial charge in [-0.05, 0) is 0 Å². The number of aromatic amines is 1. The highest BCUT2D eigenvalue weighted by atomic mass is 31.2. The van der Waals surface area contributed by atoms with E-state index in [1.54, 1.807) is 0 Å². The van der Waals surface area contributed by atoms with Gasteiger partial charge in [-0.3, -0.25) is 32.4 Å². The van der Waals surface area contributed by atoms with Crippen molar-refractivity contribution in [3.8, 4) is 0 Å². The molecule has 0 amide bonds. The molecule has 0 aliphatic carbocycles. The molecule has 4 aromatic rings. The summed E-state index contributed by atoms with van der Waals surface area (Å²) in [6.45, 7) is -1.70. The second-order valence-corrected chi connectivity index (χ2v) is 13.0. The highest BCUT2D eigenvalue weighted by Crippen LogP contribution is 2.52. The van der Waals surface area contributed by atoms with Crippen LogP contribution in [-0.2, 0) is 36.7 Å². The van der Waals surface area contributed by atoms with Gasteiger partial charge in [0.2, 0.25) is 5.95 Å². The Kier molecular flexibility index (Phi) is 7.32. The number of fused-ring (bicyclic) bond motifs is 5. The van der Waals surface area contributed by atoms with Crippen molar-refractivity contribution in [2.45, 2.75) is 49.0 Å². The van der Waals surface area contributed by atoms with Crippen LogP contribution in [0, 0.1) is 0 Å². The number of rotatable bonds is 2.